The Kier molecular flexibility index (Phi) is 4.61. The Morgan fingerprint density at radius 1 is 1.24 bits per heavy atom. The number of nitrogens with one attached hydrogen (secondary N) is 1. The van der Waals surface area contributed by atoms with Gasteiger partial charge in [0.1, 0.15) is 16.5 Å². The second-order valence-electron chi connectivity index (χ2n) is 4.22. The lowest BCUT2D eigenvalue weighted by atomic mass is 10.2. The third kappa shape index (κ3) is 3.58. The summed E-state index contributed by atoms with van der Waals surface area (Å²) in [6.07, 6.45) is 1.35. The van der Waals surface area contributed by atoms with Crippen LogP contribution in [0.4, 0.5) is 5.82 Å². The number of rotatable bonds is 4. The first-order chi connectivity index (χ1) is 9.83. The lowest BCUT2D eigenvalue weighted by Gasteiger charge is -2.12. The van der Waals surface area contributed by atoms with Crippen LogP contribution in [-0.2, 0) is 10.0 Å². The van der Waals surface area contributed by atoms with E-state index in [0.29, 0.717) is 10.0 Å². The number of anilines is 1. The molecule has 8 heteroatoms. The molecule has 0 aliphatic rings. The maximum absolute atomic E-state index is 12.4. The van der Waals surface area contributed by atoms with Crippen molar-refractivity contribution in [1.82, 2.24) is 4.98 Å². The van der Waals surface area contributed by atoms with Crippen molar-refractivity contribution in [1.29, 1.82) is 0 Å². The fourth-order valence-electron chi connectivity index (χ4n) is 1.64. The van der Waals surface area contributed by atoms with E-state index in [0.717, 1.165) is 5.56 Å². The molecular weight excluding hydrogens is 335 g/mol. The van der Waals surface area contributed by atoms with Crippen molar-refractivity contribution in [3.05, 3.63) is 46.1 Å². The van der Waals surface area contributed by atoms with Gasteiger partial charge < -0.3 is 4.74 Å². The molecule has 2 rings (SSSR count). The second-order valence-corrected chi connectivity index (χ2v) is 6.71. The van der Waals surface area contributed by atoms with Crippen LogP contribution in [-0.4, -0.2) is 20.5 Å². The standard InChI is InChI=1S/C13H12Cl2N2O3S/c1-8-5-11(20-2)12(6-10(8)15)21(18,19)17-13-4-3-9(14)7-16-13/h3-7H,1-2H3,(H,16,17). The second kappa shape index (κ2) is 6.09. The Morgan fingerprint density at radius 2 is 1.95 bits per heavy atom. The summed E-state index contributed by atoms with van der Waals surface area (Å²) in [5, 5.41) is 0.745. The molecular formula is C13H12Cl2N2O3S. The Balaban J connectivity index is 2.44. The van der Waals surface area contributed by atoms with Crippen molar-refractivity contribution in [2.45, 2.75) is 11.8 Å². The van der Waals surface area contributed by atoms with E-state index in [1.807, 2.05) is 0 Å². The minimum atomic E-state index is -3.87. The Bertz CT molecular complexity index is 762. The van der Waals surface area contributed by atoms with Gasteiger partial charge in [-0.25, -0.2) is 13.4 Å². The van der Waals surface area contributed by atoms with Crippen molar-refractivity contribution in [2.75, 3.05) is 11.8 Å². The third-order valence-electron chi connectivity index (χ3n) is 2.70. The highest BCUT2D eigenvalue weighted by Gasteiger charge is 2.21. The van der Waals surface area contributed by atoms with Crippen LogP contribution in [0, 0.1) is 6.92 Å². The summed E-state index contributed by atoms with van der Waals surface area (Å²) in [5.74, 6) is 0.358. The van der Waals surface area contributed by atoms with E-state index in [2.05, 4.69) is 9.71 Å². The predicted molar refractivity (Wildman–Crippen MR) is 82.8 cm³/mol. The fraction of sp³-hybridized carbons (Fsp3) is 0.154. The molecule has 1 aromatic carbocycles. The first-order valence-electron chi connectivity index (χ1n) is 5.82. The van der Waals surface area contributed by atoms with Gasteiger partial charge in [-0.05, 0) is 36.8 Å². The lowest BCUT2D eigenvalue weighted by molar-refractivity contribution is 0.402. The fourth-order valence-corrected chi connectivity index (χ4v) is 3.16. The first kappa shape index (κ1) is 15.9. The smallest absolute Gasteiger partial charge is 0.266 e. The zero-order chi connectivity index (χ0) is 15.6. The average Bonchev–Trinajstić information content (AvgIpc) is 2.43. The summed E-state index contributed by atoms with van der Waals surface area (Å²) in [4.78, 5) is 3.83. The Labute approximate surface area is 132 Å². The molecule has 5 nitrogen and oxygen atoms in total. The number of aromatic nitrogens is 1. The number of halogens is 2. The van der Waals surface area contributed by atoms with Gasteiger partial charge in [0.2, 0.25) is 0 Å². The van der Waals surface area contributed by atoms with Crippen LogP contribution in [0.2, 0.25) is 10.0 Å². The van der Waals surface area contributed by atoms with E-state index < -0.39 is 10.0 Å². The number of pyridine rings is 1. The molecule has 1 N–H and O–H groups in total. The molecule has 0 aliphatic heterocycles. The van der Waals surface area contributed by atoms with E-state index in [4.69, 9.17) is 27.9 Å². The molecule has 21 heavy (non-hydrogen) atoms. The van der Waals surface area contributed by atoms with Gasteiger partial charge in [0.05, 0.1) is 12.1 Å². The van der Waals surface area contributed by atoms with Crippen LogP contribution in [0.1, 0.15) is 5.56 Å². The number of benzene rings is 1. The SMILES string of the molecule is COc1cc(C)c(Cl)cc1S(=O)(=O)Nc1ccc(Cl)cn1. The number of methoxy groups -OCH3 is 1. The highest BCUT2D eigenvalue weighted by molar-refractivity contribution is 7.92. The molecule has 0 aliphatic carbocycles. The first-order valence-corrected chi connectivity index (χ1v) is 8.06. The summed E-state index contributed by atoms with van der Waals surface area (Å²) in [6, 6.07) is 5.90. The van der Waals surface area contributed by atoms with Gasteiger partial charge in [-0.3, -0.25) is 4.72 Å². The largest absolute Gasteiger partial charge is 0.495 e. The van der Waals surface area contributed by atoms with Gasteiger partial charge in [-0.15, -0.1) is 0 Å². The molecule has 0 spiro atoms. The van der Waals surface area contributed by atoms with Crippen LogP contribution >= 0.6 is 23.2 Å². The van der Waals surface area contributed by atoms with Crippen molar-refractivity contribution in [3.8, 4) is 5.75 Å². The van der Waals surface area contributed by atoms with E-state index >= 15 is 0 Å². The highest BCUT2D eigenvalue weighted by Crippen LogP contribution is 2.31. The number of ether oxygens (including phenoxy) is 1. The zero-order valence-electron chi connectivity index (χ0n) is 11.2. The van der Waals surface area contributed by atoms with Gasteiger partial charge in [0, 0.05) is 11.2 Å². The summed E-state index contributed by atoms with van der Waals surface area (Å²) in [6.45, 7) is 1.76. The normalized spacial score (nSPS) is 11.2. The summed E-state index contributed by atoms with van der Waals surface area (Å²) in [7, 11) is -2.48. The number of hydrogen-bond donors (Lipinski definition) is 1. The van der Waals surface area contributed by atoms with E-state index in [1.165, 1.54) is 31.5 Å². The molecule has 1 aromatic heterocycles. The molecule has 0 atom stereocenters. The molecule has 1 heterocycles. The molecule has 0 amide bonds. The molecule has 2 aromatic rings. The van der Waals surface area contributed by atoms with Gasteiger partial charge >= 0.3 is 0 Å². The van der Waals surface area contributed by atoms with Crippen LogP contribution < -0.4 is 9.46 Å². The molecule has 112 valence electrons. The Morgan fingerprint density at radius 3 is 2.52 bits per heavy atom. The summed E-state index contributed by atoms with van der Waals surface area (Å²) in [5.41, 5.74) is 0.720. The molecule has 0 radical (unpaired) electrons. The van der Waals surface area contributed by atoms with Crippen LogP contribution in [0.15, 0.2) is 35.4 Å². The van der Waals surface area contributed by atoms with Crippen LogP contribution in [0.25, 0.3) is 0 Å². The number of sulfonamides is 1. The molecule has 0 bridgehead atoms. The minimum Gasteiger partial charge on any atom is -0.495 e. The van der Waals surface area contributed by atoms with E-state index in [-0.39, 0.29) is 16.5 Å². The molecule has 0 fully saturated rings. The monoisotopic (exact) mass is 346 g/mol. The van der Waals surface area contributed by atoms with Crippen molar-refractivity contribution >= 4 is 39.0 Å². The minimum absolute atomic E-state index is 0.0580. The number of hydrogen-bond acceptors (Lipinski definition) is 4. The Hall–Kier alpha value is -1.50. The highest BCUT2D eigenvalue weighted by atomic mass is 35.5. The summed E-state index contributed by atoms with van der Waals surface area (Å²) < 4.78 is 32.3. The van der Waals surface area contributed by atoms with Crippen LogP contribution in [0.5, 0.6) is 5.75 Å². The topological polar surface area (TPSA) is 68.3 Å². The molecule has 0 saturated heterocycles. The van der Waals surface area contributed by atoms with E-state index in [1.54, 1.807) is 13.0 Å². The predicted octanol–water partition coefficient (Wildman–Crippen LogP) is 3.51. The van der Waals surface area contributed by atoms with Crippen molar-refractivity contribution < 1.29 is 13.2 Å². The van der Waals surface area contributed by atoms with E-state index in [9.17, 15) is 8.42 Å². The van der Waals surface area contributed by atoms with Gasteiger partial charge in [-0.1, -0.05) is 23.2 Å². The van der Waals surface area contributed by atoms with Gasteiger partial charge in [-0.2, -0.15) is 0 Å². The quantitative estimate of drug-likeness (QED) is 0.919. The third-order valence-corrected chi connectivity index (χ3v) is 4.71. The maximum atomic E-state index is 12.4. The maximum Gasteiger partial charge on any atom is 0.266 e. The van der Waals surface area contributed by atoms with Crippen LogP contribution in [0.3, 0.4) is 0 Å². The number of nitrogens with zero attached hydrogens (tertiary/aromatic N) is 1. The average molecular weight is 347 g/mol. The summed E-state index contributed by atoms with van der Waals surface area (Å²) >= 11 is 11.7. The van der Waals surface area contributed by atoms with Gasteiger partial charge in [0.25, 0.3) is 10.0 Å². The zero-order valence-corrected chi connectivity index (χ0v) is 13.6. The number of aryl methyl sites for hydroxylation is 1. The van der Waals surface area contributed by atoms with Crippen molar-refractivity contribution in [3.63, 3.8) is 0 Å². The molecule has 0 unspecified atom stereocenters. The van der Waals surface area contributed by atoms with Gasteiger partial charge in [0.15, 0.2) is 0 Å². The van der Waals surface area contributed by atoms with Crippen molar-refractivity contribution in [2.24, 2.45) is 0 Å². The lowest BCUT2D eigenvalue weighted by Crippen LogP contribution is -2.15. The molecule has 0 saturated carbocycles.